The van der Waals surface area contributed by atoms with Crippen LogP contribution in [0.1, 0.15) is 22.5 Å². The van der Waals surface area contributed by atoms with Crippen LogP contribution in [0.4, 0.5) is 0 Å². The summed E-state index contributed by atoms with van der Waals surface area (Å²) in [5.74, 6) is 0.208. The highest BCUT2D eigenvalue weighted by Gasteiger charge is 2.26. The molecule has 3 nitrogen and oxygen atoms in total. The van der Waals surface area contributed by atoms with Crippen molar-refractivity contribution in [2.45, 2.75) is 12.8 Å². The van der Waals surface area contributed by atoms with Gasteiger partial charge in [-0.25, -0.2) is 0 Å². The number of aryl methyl sites for hydroxylation is 1. The molecule has 0 fully saturated rings. The fourth-order valence-corrected chi connectivity index (χ4v) is 2.13. The third-order valence-corrected chi connectivity index (χ3v) is 2.55. The number of hydrogen-bond donors (Lipinski definition) is 0. The minimum absolute atomic E-state index is 0.208. The van der Waals surface area contributed by atoms with Crippen LogP contribution in [0.3, 0.4) is 0 Å². The average Bonchev–Trinajstić information content (AvgIpc) is 2.41. The largest absolute Gasteiger partial charge is 0.294 e. The zero-order chi connectivity index (χ0) is 8.01. The number of aromatic nitrogens is 2. The van der Waals surface area contributed by atoms with E-state index in [0.717, 1.165) is 17.7 Å². The van der Waals surface area contributed by atoms with E-state index >= 15 is 0 Å². The molecule has 0 unspecified atom stereocenters. The third kappa shape index (κ3) is 0.854. The Morgan fingerprint density at radius 2 is 2.27 bits per heavy atom. The van der Waals surface area contributed by atoms with Gasteiger partial charge in [0.1, 0.15) is 4.60 Å². The van der Waals surface area contributed by atoms with Crippen molar-refractivity contribution in [2.75, 3.05) is 0 Å². The Kier molecular flexibility index (Phi) is 1.39. The minimum Gasteiger partial charge on any atom is -0.294 e. The van der Waals surface area contributed by atoms with Crippen LogP contribution in [0.15, 0.2) is 4.60 Å². The monoisotopic (exact) mass is 214 g/mol. The molecule has 1 aliphatic rings. The van der Waals surface area contributed by atoms with Crippen molar-refractivity contribution in [1.82, 2.24) is 9.78 Å². The highest BCUT2D eigenvalue weighted by Crippen LogP contribution is 2.27. The lowest BCUT2D eigenvalue weighted by atomic mass is 10.3. The number of carbonyl (C=O) groups excluding carboxylic acids is 1. The molecule has 58 valence electrons. The molecule has 0 N–H and O–H groups in total. The van der Waals surface area contributed by atoms with Crippen molar-refractivity contribution in [2.24, 2.45) is 7.05 Å². The number of ketones is 1. The maximum Gasteiger partial charge on any atom is 0.167 e. The van der Waals surface area contributed by atoms with E-state index in [9.17, 15) is 4.79 Å². The Hall–Kier alpha value is -0.640. The van der Waals surface area contributed by atoms with E-state index in [4.69, 9.17) is 0 Å². The van der Waals surface area contributed by atoms with Gasteiger partial charge >= 0.3 is 0 Å². The molecule has 0 saturated heterocycles. The van der Waals surface area contributed by atoms with Gasteiger partial charge < -0.3 is 0 Å². The predicted octanol–water partition coefficient (Wildman–Crippen LogP) is 1.31. The summed E-state index contributed by atoms with van der Waals surface area (Å²) in [6.07, 6.45) is 1.48. The van der Waals surface area contributed by atoms with E-state index in [1.165, 1.54) is 0 Å². The standard InChI is InChI=1S/C7H7BrN2O/c1-10-4-2-3-5(11)6(4)7(8)9-10/h2-3H2,1H3. The van der Waals surface area contributed by atoms with Crippen LogP contribution in [-0.4, -0.2) is 15.6 Å². The topological polar surface area (TPSA) is 34.9 Å². The molecule has 1 aromatic heterocycles. The molecule has 0 radical (unpaired) electrons. The van der Waals surface area contributed by atoms with Gasteiger partial charge in [0.25, 0.3) is 0 Å². The van der Waals surface area contributed by atoms with Crippen molar-refractivity contribution < 1.29 is 4.79 Å². The number of fused-ring (bicyclic) bond motifs is 1. The first-order valence-corrected chi connectivity index (χ1v) is 4.24. The predicted molar refractivity (Wildman–Crippen MR) is 43.6 cm³/mol. The van der Waals surface area contributed by atoms with Gasteiger partial charge in [0, 0.05) is 13.5 Å². The lowest BCUT2D eigenvalue weighted by Gasteiger charge is -1.91. The molecule has 1 aliphatic carbocycles. The van der Waals surface area contributed by atoms with E-state index in [1.807, 2.05) is 7.05 Å². The highest BCUT2D eigenvalue weighted by molar-refractivity contribution is 9.10. The molecule has 1 heterocycles. The summed E-state index contributed by atoms with van der Waals surface area (Å²) in [6, 6.07) is 0. The Labute approximate surface area is 72.5 Å². The zero-order valence-electron chi connectivity index (χ0n) is 6.09. The van der Waals surface area contributed by atoms with Gasteiger partial charge in [0.2, 0.25) is 0 Å². The third-order valence-electron chi connectivity index (χ3n) is 1.99. The van der Waals surface area contributed by atoms with Crippen LogP contribution in [0, 0.1) is 0 Å². The molecule has 0 spiro atoms. The summed E-state index contributed by atoms with van der Waals surface area (Å²) in [4.78, 5) is 11.2. The minimum atomic E-state index is 0.208. The maximum atomic E-state index is 11.2. The van der Waals surface area contributed by atoms with Crippen LogP contribution in [0.2, 0.25) is 0 Å². The molecule has 0 amide bonds. The lowest BCUT2D eigenvalue weighted by Crippen LogP contribution is -1.95. The second-order valence-corrected chi connectivity index (χ2v) is 3.41. The Morgan fingerprint density at radius 1 is 1.55 bits per heavy atom. The van der Waals surface area contributed by atoms with E-state index in [0.29, 0.717) is 11.0 Å². The number of Topliss-reactive ketones (excluding diaryl/α,β-unsaturated/α-hetero) is 1. The van der Waals surface area contributed by atoms with Crippen LogP contribution < -0.4 is 0 Å². The van der Waals surface area contributed by atoms with Gasteiger partial charge in [-0.2, -0.15) is 5.10 Å². The smallest absolute Gasteiger partial charge is 0.167 e. The van der Waals surface area contributed by atoms with Crippen molar-refractivity contribution >= 4 is 21.7 Å². The van der Waals surface area contributed by atoms with Crippen LogP contribution >= 0.6 is 15.9 Å². The first-order valence-electron chi connectivity index (χ1n) is 3.44. The normalized spacial score (nSPS) is 15.6. The molecular formula is C7H7BrN2O. The summed E-state index contributed by atoms with van der Waals surface area (Å²) in [5, 5.41) is 4.10. The molecule has 0 bridgehead atoms. The van der Waals surface area contributed by atoms with Gasteiger partial charge in [-0.05, 0) is 22.4 Å². The molecular weight excluding hydrogens is 208 g/mol. The molecule has 4 heteroatoms. The Morgan fingerprint density at radius 3 is 2.91 bits per heavy atom. The van der Waals surface area contributed by atoms with E-state index in [1.54, 1.807) is 4.68 Å². The molecule has 0 saturated carbocycles. The first-order chi connectivity index (χ1) is 5.20. The summed E-state index contributed by atoms with van der Waals surface area (Å²) >= 11 is 3.26. The van der Waals surface area contributed by atoms with Gasteiger partial charge in [-0.1, -0.05) is 0 Å². The number of nitrogens with zero attached hydrogens (tertiary/aromatic N) is 2. The zero-order valence-corrected chi connectivity index (χ0v) is 7.68. The Balaban J connectivity index is 2.69. The van der Waals surface area contributed by atoms with Crippen LogP contribution in [0.5, 0.6) is 0 Å². The van der Waals surface area contributed by atoms with E-state index in [2.05, 4.69) is 21.0 Å². The summed E-state index contributed by atoms with van der Waals surface area (Å²) in [7, 11) is 1.86. The second kappa shape index (κ2) is 2.17. The SMILES string of the molecule is Cn1nc(Br)c2c1CCC2=O. The van der Waals surface area contributed by atoms with Gasteiger partial charge in [-0.3, -0.25) is 9.48 Å². The maximum absolute atomic E-state index is 11.2. The van der Waals surface area contributed by atoms with Crippen LogP contribution in [0.25, 0.3) is 0 Å². The Bertz CT molecular complexity index is 329. The molecule has 11 heavy (non-hydrogen) atoms. The number of rotatable bonds is 0. The van der Waals surface area contributed by atoms with Crippen molar-refractivity contribution in [3.05, 3.63) is 15.9 Å². The van der Waals surface area contributed by atoms with Crippen molar-refractivity contribution in [3.8, 4) is 0 Å². The molecule has 0 aromatic carbocycles. The van der Waals surface area contributed by atoms with Crippen molar-refractivity contribution in [3.63, 3.8) is 0 Å². The molecule has 0 atom stereocenters. The fraction of sp³-hybridized carbons (Fsp3) is 0.429. The van der Waals surface area contributed by atoms with E-state index < -0.39 is 0 Å². The van der Waals surface area contributed by atoms with Gasteiger partial charge in [0.15, 0.2) is 5.78 Å². The quantitative estimate of drug-likeness (QED) is 0.653. The number of hydrogen-bond acceptors (Lipinski definition) is 2. The number of halogens is 1. The van der Waals surface area contributed by atoms with E-state index in [-0.39, 0.29) is 5.78 Å². The fourth-order valence-electron chi connectivity index (χ4n) is 1.44. The second-order valence-electron chi connectivity index (χ2n) is 2.66. The van der Waals surface area contributed by atoms with Gasteiger partial charge in [0.05, 0.1) is 11.3 Å². The summed E-state index contributed by atoms with van der Waals surface area (Å²) in [5.41, 5.74) is 1.84. The van der Waals surface area contributed by atoms with Gasteiger partial charge in [-0.15, -0.1) is 0 Å². The summed E-state index contributed by atoms with van der Waals surface area (Å²) < 4.78 is 2.46. The molecule has 0 aliphatic heterocycles. The lowest BCUT2D eigenvalue weighted by molar-refractivity contribution is 0.0993. The summed E-state index contributed by atoms with van der Waals surface area (Å²) in [6.45, 7) is 0. The number of carbonyl (C=O) groups is 1. The molecule has 1 aromatic rings. The van der Waals surface area contributed by atoms with Crippen molar-refractivity contribution in [1.29, 1.82) is 0 Å². The molecule has 2 rings (SSSR count). The highest BCUT2D eigenvalue weighted by atomic mass is 79.9. The first kappa shape index (κ1) is 7.03. The van der Waals surface area contributed by atoms with Crippen LogP contribution in [-0.2, 0) is 13.5 Å². The average molecular weight is 215 g/mol.